The lowest BCUT2D eigenvalue weighted by Crippen LogP contribution is -2.24. The van der Waals surface area contributed by atoms with Gasteiger partial charge in [-0.3, -0.25) is 9.69 Å². The van der Waals surface area contributed by atoms with Gasteiger partial charge in [0.15, 0.2) is 5.78 Å². The minimum atomic E-state index is -0.0789. The highest BCUT2D eigenvalue weighted by Gasteiger charge is 2.24. The van der Waals surface area contributed by atoms with Crippen LogP contribution in [0.1, 0.15) is 91.0 Å². The molecule has 5 heteroatoms. The summed E-state index contributed by atoms with van der Waals surface area (Å²) in [6, 6.07) is 5.68. The quantitative estimate of drug-likeness (QED) is 0.585. The molecule has 0 aliphatic heterocycles. The van der Waals surface area contributed by atoms with E-state index in [1.807, 2.05) is 18.0 Å². The van der Waals surface area contributed by atoms with Gasteiger partial charge in [0.1, 0.15) is 5.82 Å². The maximum Gasteiger partial charge on any atom is 0.231 e. The van der Waals surface area contributed by atoms with Crippen molar-refractivity contribution in [2.45, 2.75) is 80.1 Å². The third-order valence-electron chi connectivity index (χ3n) is 4.05. The van der Waals surface area contributed by atoms with Crippen molar-refractivity contribution in [2.24, 2.45) is 5.92 Å². The first-order chi connectivity index (χ1) is 13.1. The van der Waals surface area contributed by atoms with E-state index in [2.05, 4.69) is 73.4 Å². The van der Waals surface area contributed by atoms with E-state index in [0.717, 1.165) is 17.3 Å². The molecule has 0 bridgehead atoms. The number of aromatic nitrogens is 3. The van der Waals surface area contributed by atoms with Crippen LogP contribution in [-0.4, -0.2) is 27.8 Å². The summed E-state index contributed by atoms with van der Waals surface area (Å²) in [6.07, 6.45) is 1.59. The minimum absolute atomic E-state index is 0.00250. The summed E-state index contributed by atoms with van der Waals surface area (Å²) >= 11 is 0. The molecule has 0 saturated carbocycles. The van der Waals surface area contributed by atoms with Gasteiger partial charge in [-0.05, 0) is 31.0 Å². The van der Waals surface area contributed by atoms with E-state index < -0.39 is 0 Å². The normalized spacial score (nSPS) is 11.7. The second-order valence-corrected chi connectivity index (χ2v) is 10.2. The molecule has 5 nitrogen and oxygen atoms in total. The summed E-state index contributed by atoms with van der Waals surface area (Å²) in [5.74, 6) is 2.15. The Balaban J connectivity index is 0.000000960. The lowest BCUT2D eigenvalue weighted by molar-refractivity contribution is 0.101. The van der Waals surface area contributed by atoms with Crippen molar-refractivity contribution in [1.82, 2.24) is 15.0 Å². The van der Waals surface area contributed by atoms with E-state index in [-0.39, 0.29) is 16.6 Å². The van der Waals surface area contributed by atoms with Gasteiger partial charge in [0.25, 0.3) is 0 Å². The molecule has 0 atom stereocenters. The molecule has 0 spiro atoms. The number of pyridine rings is 1. The predicted octanol–water partition coefficient (Wildman–Crippen LogP) is 6.10. The van der Waals surface area contributed by atoms with Crippen LogP contribution in [0, 0.1) is 5.92 Å². The topological polar surface area (TPSA) is 59.0 Å². The highest BCUT2D eigenvalue weighted by molar-refractivity contribution is 5.93. The number of nitrogens with zero attached hydrogens (tertiary/aromatic N) is 4. The van der Waals surface area contributed by atoms with Crippen molar-refractivity contribution >= 4 is 17.5 Å². The third-order valence-corrected chi connectivity index (χ3v) is 4.05. The van der Waals surface area contributed by atoms with E-state index >= 15 is 0 Å². The molecular formula is C24H38N4O. The summed E-state index contributed by atoms with van der Waals surface area (Å²) in [6.45, 7) is 20.9. The van der Waals surface area contributed by atoms with Crippen molar-refractivity contribution in [2.75, 3.05) is 11.9 Å². The van der Waals surface area contributed by atoms with Crippen LogP contribution < -0.4 is 4.90 Å². The van der Waals surface area contributed by atoms with Crippen molar-refractivity contribution in [3.05, 3.63) is 41.3 Å². The van der Waals surface area contributed by atoms with Crippen LogP contribution >= 0.6 is 0 Å². The maximum absolute atomic E-state index is 11.4. The number of rotatable bonds is 3. The molecule has 0 aliphatic rings. The van der Waals surface area contributed by atoms with Gasteiger partial charge >= 0.3 is 0 Å². The van der Waals surface area contributed by atoms with Gasteiger partial charge in [-0.2, -0.15) is 0 Å². The van der Waals surface area contributed by atoms with E-state index in [1.54, 1.807) is 12.3 Å². The summed E-state index contributed by atoms with van der Waals surface area (Å²) in [4.78, 5) is 27.2. The molecule has 0 saturated heterocycles. The molecule has 0 radical (unpaired) electrons. The highest BCUT2D eigenvalue weighted by Crippen LogP contribution is 2.29. The van der Waals surface area contributed by atoms with Crippen LogP contribution in [0.2, 0.25) is 0 Å². The molecule has 0 amide bonds. The Morgan fingerprint density at radius 2 is 1.38 bits per heavy atom. The Hall–Kier alpha value is -2.30. The van der Waals surface area contributed by atoms with Gasteiger partial charge in [-0.15, -0.1) is 0 Å². The fourth-order valence-corrected chi connectivity index (χ4v) is 2.25. The lowest BCUT2D eigenvalue weighted by atomic mass is 9.86. The molecule has 2 aromatic heterocycles. The van der Waals surface area contributed by atoms with Crippen molar-refractivity contribution in [3.8, 4) is 0 Å². The van der Waals surface area contributed by atoms with E-state index in [4.69, 9.17) is 9.97 Å². The molecule has 2 rings (SSSR count). The Labute approximate surface area is 177 Å². The molecule has 29 heavy (non-hydrogen) atoms. The lowest BCUT2D eigenvalue weighted by Gasteiger charge is -2.26. The maximum atomic E-state index is 11.4. The zero-order valence-corrected chi connectivity index (χ0v) is 20.1. The largest absolute Gasteiger partial charge is 0.298 e. The molecule has 0 unspecified atom stereocenters. The second kappa shape index (κ2) is 9.47. The van der Waals surface area contributed by atoms with Gasteiger partial charge in [-0.1, -0.05) is 62.3 Å². The first-order valence-corrected chi connectivity index (χ1v) is 10.2. The van der Waals surface area contributed by atoms with Crippen molar-refractivity contribution in [3.63, 3.8) is 0 Å². The second-order valence-electron chi connectivity index (χ2n) is 10.2. The summed E-state index contributed by atoms with van der Waals surface area (Å²) < 4.78 is 0. The van der Waals surface area contributed by atoms with Gasteiger partial charge < -0.3 is 0 Å². The average molecular weight is 399 g/mol. The SMILES string of the molecule is CC(=O)c1ccc(N(C)c2nc(C(C)(C)C)cc(C(C)(C)C)n2)nc1.CC(C)C. The number of carbonyl (C=O) groups excluding carboxylic acids is 1. The molecule has 2 heterocycles. The van der Waals surface area contributed by atoms with E-state index in [9.17, 15) is 4.79 Å². The van der Waals surface area contributed by atoms with Crippen LogP contribution in [0.25, 0.3) is 0 Å². The van der Waals surface area contributed by atoms with Crippen LogP contribution in [0.3, 0.4) is 0 Å². The fourth-order valence-electron chi connectivity index (χ4n) is 2.25. The molecule has 0 aliphatic carbocycles. The number of ketones is 1. The zero-order valence-electron chi connectivity index (χ0n) is 20.1. The van der Waals surface area contributed by atoms with E-state index in [1.165, 1.54) is 6.92 Å². The fraction of sp³-hybridized carbons (Fsp3) is 0.583. The Morgan fingerprint density at radius 3 is 1.69 bits per heavy atom. The van der Waals surface area contributed by atoms with Gasteiger partial charge in [-0.25, -0.2) is 15.0 Å². The molecule has 0 N–H and O–H groups in total. The molecule has 160 valence electrons. The molecule has 0 fully saturated rings. The van der Waals surface area contributed by atoms with Crippen LogP contribution in [0.4, 0.5) is 11.8 Å². The van der Waals surface area contributed by atoms with Crippen molar-refractivity contribution < 1.29 is 4.79 Å². The summed E-state index contributed by atoms with van der Waals surface area (Å²) in [7, 11) is 1.89. The van der Waals surface area contributed by atoms with Gasteiger partial charge in [0.05, 0.1) is 11.4 Å². The predicted molar refractivity (Wildman–Crippen MR) is 122 cm³/mol. The van der Waals surface area contributed by atoms with Crippen LogP contribution in [-0.2, 0) is 10.8 Å². The zero-order chi connectivity index (χ0) is 22.6. The van der Waals surface area contributed by atoms with Gasteiger partial charge in [0, 0.05) is 29.6 Å². The third kappa shape index (κ3) is 7.56. The number of hydrogen-bond donors (Lipinski definition) is 0. The molecular weight excluding hydrogens is 360 g/mol. The Bertz CT molecular complexity index is 777. The highest BCUT2D eigenvalue weighted by atomic mass is 16.1. The smallest absolute Gasteiger partial charge is 0.231 e. The Morgan fingerprint density at radius 1 is 0.931 bits per heavy atom. The Kier molecular flexibility index (Phi) is 8.07. The minimum Gasteiger partial charge on any atom is -0.298 e. The number of anilines is 2. The van der Waals surface area contributed by atoms with E-state index in [0.29, 0.717) is 17.3 Å². The number of carbonyl (C=O) groups is 1. The first-order valence-electron chi connectivity index (χ1n) is 10.2. The summed E-state index contributed by atoms with van der Waals surface area (Å²) in [5.41, 5.74) is 2.43. The first kappa shape index (κ1) is 24.7. The standard InChI is InChI=1S/C20H28N4O.C4H10/c1-13(25)14-9-10-17(21-12-14)24(8)18-22-15(19(2,3)4)11-16(23-18)20(5,6)7;1-4(2)3/h9-12H,1-8H3;4H,1-3H3. The number of Topliss-reactive ketones (excluding diaryl/α,β-unsaturated/α-hetero) is 1. The number of hydrogen-bond acceptors (Lipinski definition) is 5. The van der Waals surface area contributed by atoms with Crippen LogP contribution in [0.5, 0.6) is 0 Å². The average Bonchev–Trinajstić information content (AvgIpc) is 2.58. The van der Waals surface area contributed by atoms with Gasteiger partial charge in [0.2, 0.25) is 5.95 Å². The van der Waals surface area contributed by atoms with Crippen molar-refractivity contribution in [1.29, 1.82) is 0 Å². The molecule has 0 aromatic carbocycles. The van der Waals surface area contributed by atoms with Crippen LogP contribution in [0.15, 0.2) is 24.4 Å². The molecule has 2 aromatic rings. The monoisotopic (exact) mass is 398 g/mol. The summed E-state index contributed by atoms with van der Waals surface area (Å²) in [5, 5.41) is 0.